The van der Waals surface area contributed by atoms with Crippen molar-refractivity contribution >= 4 is 29.1 Å². The van der Waals surface area contributed by atoms with Crippen LogP contribution in [0.2, 0.25) is 5.02 Å². The van der Waals surface area contributed by atoms with Gasteiger partial charge in [0.1, 0.15) is 5.82 Å². The smallest absolute Gasteiger partial charge is 0.124 e. The summed E-state index contributed by atoms with van der Waals surface area (Å²) in [5, 5.41) is 0.453. The molecule has 0 unspecified atom stereocenters. The molecule has 2 rings (SSSR count). The zero-order valence-electron chi connectivity index (χ0n) is 9.91. The molecule has 0 saturated heterocycles. The second-order valence-corrected chi connectivity index (χ2v) is 5.44. The second kappa shape index (κ2) is 5.63. The fourth-order valence-electron chi connectivity index (χ4n) is 1.57. The molecule has 18 heavy (non-hydrogen) atoms. The molecule has 0 bridgehead atoms. The summed E-state index contributed by atoms with van der Waals surface area (Å²) >= 11 is 7.58. The van der Waals surface area contributed by atoms with Crippen LogP contribution in [0.3, 0.4) is 0 Å². The minimum atomic E-state index is -0.316. The molecule has 0 saturated carbocycles. The van der Waals surface area contributed by atoms with E-state index in [1.165, 1.54) is 12.1 Å². The minimum Gasteiger partial charge on any atom is -0.398 e. The van der Waals surface area contributed by atoms with Crippen LogP contribution in [0.25, 0.3) is 0 Å². The highest BCUT2D eigenvalue weighted by Gasteiger charge is 2.06. The average Bonchev–Trinajstić information content (AvgIpc) is 2.33. The van der Waals surface area contributed by atoms with E-state index in [0.29, 0.717) is 10.8 Å². The highest BCUT2D eigenvalue weighted by Crippen LogP contribution is 2.32. The molecule has 1 nitrogen and oxygen atoms in total. The van der Waals surface area contributed by atoms with Gasteiger partial charge in [0.05, 0.1) is 0 Å². The molecule has 0 aliphatic heterocycles. The van der Waals surface area contributed by atoms with Gasteiger partial charge in [-0.05, 0) is 36.2 Å². The Morgan fingerprint density at radius 2 is 2.06 bits per heavy atom. The number of aryl methyl sites for hydroxylation is 1. The van der Waals surface area contributed by atoms with Crippen molar-refractivity contribution in [3.8, 4) is 0 Å². The van der Waals surface area contributed by atoms with E-state index < -0.39 is 0 Å². The number of nitrogen functional groups attached to an aromatic ring is 1. The molecule has 0 aliphatic carbocycles. The third-order valence-corrected chi connectivity index (χ3v) is 4.16. The molecule has 0 aromatic heterocycles. The van der Waals surface area contributed by atoms with Crippen molar-refractivity contribution in [1.82, 2.24) is 0 Å². The van der Waals surface area contributed by atoms with Crippen molar-refractivity contribution < 1.29 is 4.39 Å². The van der Waals surface area contributed by atoms with Crippen molar-refractivity contribution in [2.45, 2.75) is 17.6 Å². The van der Waals surface area contributed by atoms with Crippen molar-refractivity contribution in [2.75, 3.05) is 5.73 Å². The van der Waals surface area contributed by atoms with E-state index in [0.717, 1.165) is 21.7 Å². The molecule has 0 heterocycles. The van der Waals surface area contributed by atoms with Crippen LogP contribution in [0.4, 0.5) is 10.1 Å². The van der Waals surface area contributed by atoms with Crippen LogP contribution in [0.15, 0.2) is 41.3 Å². The number of halogens is 2. The number of hydrogen-bond donors (Lipinski definition) is 1. The van der Waals surface area contributed by atoms with E-state index in [1.54, 1.807) is 17.8 Å². The number of para-hydroxylation sites is 1. The summed E-state index contributed by atoms with van der Waals surface area (Å²) in [5.41, 5.74) is 8.75. The van der Waals surface area contributed by atoms with E-state index >= 15 is 0 Å². The Kier molecular flexibility index (Phi) is 4.15. The molecule has 94 valence electrons. The maximum Gasteiger partial charge on any atom is 0.124 e. The van der Waals surface area contributed by atoms with Crippen molar-refractivity contribution in [2.24, 2.45) is 0 Å². The zero-order chi connectivity index (χ0) is 13.1. The lowest BCUT2D eigenvalue weighted by atomic mass is 10.2. The number of rotatable bonds is 3. The molecule has 2 N–H and O–H groups in total. The van der Waals surface area contributed by atoms with Gasteiger partial charge < -0.3 is 5.73 Å². The van der Waals surface area contributed by atoms with Crippen molar-refractivity contribution in [3.05, 3.63) is 58.4 Å². The Labute approximate surface area is 115 Å². The zero-order valence-corrected chi connectivity index (χ0v) is 11.5. The molecule has 2 aromatic carbocycles. The maximum absolute atomic E-state index is 12.9. The number of nitrogens with two attached hydrogens (primary N) is 1. The average molecular weight is 282 g/mol. The van der Waals surface area contributed by atoms with Gasteiger partial charge in [0.2, 0.25) is 0 Å². The van der Waals surface area contributed by atoms with E-state index in [1.807, 2.05) is 25.1 Å². The van der Waals surface area contributed by atoms with Gasteiger partial charge in [0, 0.05) is 21.4 Å². The largest absolute Gasteiger partial charge is 0.398 e. The summed E-state index contributed by atoms with van der Waals surface area (Å²) in [5.74, 6) is 0.357. The number of thioether (sulfide) groups is 1. The van der Waals surface area contributed by atoms with E-state index in [4.69, 9.17) is 17.3 Å². The Morgan fingerprint density at radius 3 is 2.78 bits per heavy atom. The summed E-state index contributed by atoms with van der Waals surface area (Å²) in [4.78, 5) is 1.02. The van der Waals surface area contributed by atoms with Crippen LogP contribution in [0.5, 0.6) is 0 Å². The van der Waals surface area contributed by atoms with Crippen molar-refractivity contribution in [1.29, 1.82) is 0 Å². The number of hydrogen-bond acceptors (Lipinski definition) is 2. The summed E-state index contributed by atoms with van der Waals surface area (Å²) < 4.78 is 12.9. The van der Waals surface area contributed by atoms with Crippen LogP contribution in [0.1, 0.15) is 11.1 Å². The molecule has 0 spiro atoms. The second-order valence-electron chi connectivity index (χ2n) is 4.01. The highest BCUT2D eigenvalue weighted by molar-refractivity contribution is 7.98. The molecule has 4 heteroatoms. The first kappa shape index (κ1) is 13.2. The van der Waals surface area contributed by atoms with Crippen molar-refractivity contribution in [3.63, 3.8) is 0 Å². The van der Waals surface area contributed by atoms with Gasteiger partial charge in [0.25, 0.3) is 0 Å². The standard InChI is InChI=1S/C14H13ClFNS/c1-9-3-2-4-13(14(9)17)18-8-10-5-6-11(16)7-12(10)15/h2-7H,8,17H2,1H3. The Morgan fingerprint density at radius 1 is 1.28 bits per heavy atom. The topological polar surface area (TPSA) is 26.0 Å². The summed E-state index contributed by atoms with van der Waals surface area (Å²) in [6, 6.07) is 10.4. The lowest BCUT2D eigenvalue weighted by Crippen LogP contribution is -1.92. The number of anilines is 1. The van der Waals surface area contributed by atoms with E-state index in [9.17, 15) is 4.39 Å². The van der Waals surface area contributed by atoms with Gasteiger partial charge in [-0.1, -0.05) is 29.8 Å². The van der Waals surface area contributed by atoms with Crippen LogP contribution in [-0.4, -0.2) is 0 Å². The van der Waals surface area contributed by atoms with Crippen LogP contribution >= 0.6 is 23.4 Å². The Hall–Kier alpha value is -1.19. The Balaban J connectivity index is 2.14. The van der Waals surface area contributed by atoms with Gasteiger partial charge in [-0.15, -0.1) is 11.8 Å². The molecule has 0 amide bonds. The van der Waals surface area contributed by atoms with Crippen LogP contribution in [-0.2, 0) is 5.75 Å². The maximum atomic E-state index is 12.9. The molecule has 2 aromatic rings. The third-order valence-electron chi connectivity index (χ3n) is 2.68. The number of benzene rings is 2. The Bertz CT molecular complexity index is 572. The summed E-state index contributed by atoms with van der Waals surface area (Å²) in [6.07, 6.45) is 0. The lowest BCUT2D eigenvalue weighted by molar-refractivity contribution is 0.627. The van der Waals surface area contributed by atoms with E-state index in [-0.39, 0.29) is 5.82 Å². The first-order chi connectivity index (χ1) is 8.58. The normalized spacial score (nSPS) is 10.6. The van der Waals surface area contributed by atoms with E-state index in [2.05, 4.69) is 0 Å². The van der Waals surface area contributed by atoms with Crippen LogP contribution in [0, 0.1) is 12.7 Å². The van der Waals surface area contributed by atoms with Gasteiger partial charge >= 0.3 is 0 Å². The van der Waals surface area contributed by atoms with Crippen LogP contribution < -0.4 is 5.73 Å². The van der Waals surface area contributed by atoms with Gasteiger partial charge in [-0.2, -0.15) is 0 Å². The van der Waals surface area contributed by atoms with Gasteiger partial charge in [-0.3, -0.25) is 0 Å². The fraction of sp³-hybridized carbons (Fsp3) is 0.143. The lowest BCUT2D eigenvalue weighted by Gasteiger charge is -2.08. The molecular formula is C14H13ClFNS. The van der Waals surface area contributed by atoms with Gasteiger partial charge in [-0.25, -0.2) is 4.39 Å². The monoisotopic (exact) mass is 281 g/mol. The first-order valence-electron chi connectivity index (χ1n) is 5.50. The predicted octanol–water partition coefficient (Wildman–Crippen LogP) is 4.66. The minimum absolute atomic E-state index is 0.316. The first-order valence-corrected chi connectivity index (χ1v) is 6.86. The fourth-order valence-corrected chi connectivity index (χ4v) is 2.94. The predicted molar refractivity (Wildman–Crippen MR) is 76.6 cm³/mol. The molecule has 0 atom stereocenters. The SMILES string of the molecule is Cc1cccc(SCc2ccc(F)cc2Cl)c1N. The molecular weight excluding hydrogens is 269 g/mol. The molecule has 0 aliphatic rings. The highest BCUT2D eigenvalue weighted by atomic mass is 35.5. The summed E-state index contributed by atoms with van der Waals surface area (Å²) in [7, 11) is 0. The third kappa shape index (κ3) is 2.98. The summed E-state index contributed by atoms with van der Waals surface area (Å²) in [6.45, 7) is 1.98. The molecule has 0 radical (unpaired) electrons. The molecule has 0 fully saturated rings. The van der Waals surface area contributed by atoms with Gasteiger partial charge in [0.15, 0.2) is 0 Å². The quantitative estimate of drug-likeness (QED) is 0.654.